The summed E-state index contributed by atoms with van der Waals surface area (Å²) in [6.45, 7) is 5.01. The normalized spacial score (nSPS) is 10.7. The van der Waals surface area contributed by atoms with Gasteiger partial charge in [-0.1, -0.05) is 6.92 Å². The Morgan fingerprint density at radius 1 is 1.17 bits per heavy atom. The molecule has 18 heavy (non-hydrogen) atoms. The van der Waals surface area contributed by atoms with E-state index in [2.05, 4.69) is 62.5 Å². The molecule has 102 valence electrons. The zero-order valence-corrected chi connectivity index (χ0v) is 12.9. The predicted molar refractivity (Wildman–Crippen MR) is 80.2 cm³/mol. The van der Waals surface area contributed by atoms with Crippen molar-refractivity contribution in [2.75, 3.05) is 44.4 Å². The second-order valence-electron chi connectivity index (χ2n) is 4.40. The molecule has 1 aromatic heterocycles. The van der Waals surface area contributed by atoms with Gasteiger partial charge in [-0.15, -0.1) is 0 Å². The number of halogens is 1. The molecule has 1 rings (SSSR count). The second-order valence-corrected chi connectivity index (χ2v) is 5.19. The Morgan fingerprint density at radius 2 is 1.78 bits per heavy atom. The minimum Gasteiger partial charge on any atom is -0.369 e. The van der Waals surface area contributed by atoms with E-state index in [1.807, 2.05) is 0 Å². The van der Waals surface area contributed by atoms with Gasteiger partial charge in [0.25, 0.3) is 0 Å². The van der Waals surface area contributed by atoms with Crippen LogP contribution in [0.5, 0.6) is 0 Å². The summed E-state index contributed by atoms with van der Waals surface area (Å²) in [6, 6.07) is 0. The lowest BCUT2D eigenvalue weighted by atomic mass is 10.4. The van der Waals surface area contributed by atoms with Crippen LogP contribution in [0.25, 0.3) is 0 Å². The van der Waals surface area contributed by atoms with Gasteiger partial charge in [0.2, 0.25) is 0 Å². The van der Waals surface area contributed by atoms with Crippen LogP contribution in [0.3, 0.4) is 0 Å². The minimum absolute atomic E-state index is 0.849. The lowest BCUT2D eigenvalue weighted by Gasteiger charge is -2.12. The molecule has 0 aliphatic heterocycles. The van der Waals surface area contributed by atoms with E-state index in [4.69, 9.17) is 0 Å². The summed E-state index contributed by atoms with van der Waals surface area (Å²) in [5.41, 5.74) is 0. The fourth-order valence-electron chi connectivity index (χ4n) is 1.46. The lowest BCUT2D eigenvalue weighted by molar-refractivity contribution is 0.405. The molecule has 0 saturated heterocycles. The van der Waals surface area contributed by atoms with Crippen molar-refractivity contribution in [3.8, 4) is 0 Å². The lowest BCUT2D eigenvalue weighted by Crippen LogP contribution is -2.17. The van der Waals surface area contributed by atoms with Crippen LogP contribution < -0.4 is 10.6 Å². The monoisotopic (exact) mass is 315 g/mol. The van der Waals surface area contributed by atoms with Crippen molar-refractivity contribution in [2.24, 2.45) is 0 Å². The summed E-state index contributed by atoms with van der Waals surface area (Å²) in [5, 5.41) is 6.59. The Balaban J connectivity index is 2.49. The maximum absolute atomic E-state index is 4.24. The Hall–Kier alpha value is -0.880. The van der Waals surface area contributed by atoms with Gasteiger partial charge in [-0.3, -0.25) is 0 Å². The number of hydrogen-bond acceptors (Lipinski definition) is 5. The molecule has 0 atom stereocenters. The SMILES string of the molecule is CCCNc1ncnc(NCCCN(C)C)c1Br. The maximum atomic E-state index is 4.24. The molecule has 0 unspecified atom stereocenters. The average molecular weight is 316 g/mol. The molecule has 1 heterocycles. The van der Waals surface area contributed by atoms with Gasteiger partial charge >= 0.3 is 0 Å². The van der Waals surface area contributed by atoms with E-state index in [9.17, 15) is 0 Å². The summed E-state index contributed by atoms with van der Waals surface area (Å²) >= 11 is 3.53. The van der Waals surface area contributed by atoms with E-state index >= 15 is 0 Å². The fraction of sp³-hybridized carbons (Fsp3) is 0.667. The van der Waals surface area contributed by atoms with Gasteiger partial charge in [-0.25, -0.2) is 9.97 Å². The van der Waals surface area contributed by atoms with E-state index in [1.165, 1.54) is 0 Å². The number of rotatable bonds is 8. The van der Waals surface area contributed by atoms with Gasteiger partial charge < -0.3 is 15.5 Å². The van der Waals surface area contributed by atoms with Crippen molar-refractivity contribution in [3.63, 3.8) is 0 Å². The first-order valence-electron chi connectivity index (χ1n) is 6.28. The third kappa shape index (κ3) is 5.18. The Morgan fingerprint density at radius 3 is 2.33 bits per heavy atom. The van der Waals surface area contributed by atoms with Gasteiger partial charge in [0.15, 0.2) is 0 Å². The van der Waals surface area contributed by atoms with Crippen LogP contribution in [0.2, 0.25) is 0 Å². The van der Waals surface area contributed by atoms with Gasteiger partial charge in [0.05, 0.1) is 0 Å². The van der Waals surface area contributed by atoms with Crippen LogP contribution in [-0.2, 0) is 0 Å². The standard InChI is InChI=1S/C12H22BrN5/c1-4-6-14-11-10(13)12(17-9-16-11)15-7-5-8-18(2)3/h9H,4-8H2,1-3H3,(H2,14,15,16,17). The summed E-state index contributed by atoms with van der Waals surface area (Å²) in [4.78, 5) is 10.6. The molecule has 0 aliphatic carbocycles. The van der Waals surface area contributed by atoms with Crippen LogP contribution in [0.1, 0.15) is 19.8 Å². The third-order valence-electron chi connectivity index (χ3n) is 2.41. The minimum atomic E-state index is 0.849. The molecule has 6 heteroatoms. The third-order valence-corrected chi connectivity index (χ3v) is 3.16. The maximum Gasteiger partial charge on any atom is 0.145 e. The molecule has 2 N–H and O–H groups in total. The first-order valence-corrected chi connectivity index (χ1v) is 7.07. The summed E-state index contributed by atoms with van der Waals surface area (Å²) in [6.07, 6.45) is 3.74. The van der Waals surface area contributed by atoms with E-state index < -0.39 is 0 Å². The van der Waals surface area contributed by atoms with Crippen molar-refractivity contribution < 1.29 is 0 Å². The number of anilines is 2. The van der Waals surface area contributed by atoms with E-state index in [1.54, 1.807) is 6.33 Å². The second kappa shape index (κ2) is 8.26. The Kier molecular flexibility index (Phi) is 6.97. The molecule has 0 bridgehead atoms. The quantitative estimate of drug-likeness (QED) is 0.722. The molecule has 0 aliphatic rings. The van der Waals surface area contributed by atoms with E-state index in [0.717, 1.165) is 48.6 Å². The molecule has 1 aromatic rings. The van der Waals surface area contributed by atoms with Crippen LogP contribution >= 0.6 is 15.9 Å². The first-order chi connectivity index (χ1) is 8.65. The molecule has 0 fully saturated rings. The molecule has 5 nitrogen and oxygen atoms in total. The predicted octanol–water partition coefficient (Wildman–Crippen LogP) is 2.42. The molecular formula is C12H22BrN5. The van der Waals surface area contributed by atoms with E-state index in [-0.39, 0.29) is 0 Å². The van der Waals surface area contributed by atoms with Crippen molar-refractivity contribution in [3.05, 3.63) is 10.8 Å². The molecule has 0 aromatic carbocycles. The largest absolute Gasteiger partial charge is 0.369 e. The molecule has 0 radical (unpaired) electrons. The molecular weight excluding hydrogens is 294 g/mol. The smallest absolute Gasteiger partial charge is 0.145 e. The number of aromatic nitrogens is 2. The summed E-state index contributed by atoms with van der Waals surface area (Å²) in [7, 11) is 4.15. The first kappa shape index (κ1) is 15.2. The van der Waals surface area contributed by atoms with Gasteiger partial charge in [-0.05, 0) is 49.4 Å². The van der Waals surface area contributed by atoms with Crippen LogP contribution in [-0.4, -0.2) is 48.6 Å². The van der Waals surface area contributed by atoms with Crippen LogP contribution in [0, 0.1) is 0 Å². The Bertz CT molecular complexity index is 356. The van der Waals surface area contributed by atoms with Gasteiger partial charge in [0, 0.05) is 13.1 Å². The highest BCUT2D eigenvalue weighted by Gasteiger charge is 2.07. The zero-order valence-electron chi connectivity index (χ0n) is 11.3. The zero-order chi connectivity index (χ0) is 13.4. The summed E-state index contributed by atoms with van der Waals surface area (Å²) < 4.78 is 0.906. The Labute approximate surface area is 118 Å². The number of nitrogens with one attached hydrogen (secondary N) is 2. The number of hydrogen-bond donors (Lipinski definition) is 2. The molecule has 0 amide bonds. The van der Waals surface area contributed by atoms with Crippen molar-refractivity contribution in [1.82, 2.24) is 14.9 Å². The van der Waals surface area contributed by atoms with Crippen LogP contribution in [0.15, 0.2) is 10.8 Å². The summed E-state index contributed by atoms with van der Waals surface area (Å²) in [5.74, 6) is 1.70. The van der Waals surface area contributed by atoms with Gasteiger partial charge in [-0.2, -0.15) is 0 Å². The van der Waals surface area contributed by atoms with Gasteiger partial charge in [0.1, 0.15) is 22.4 Å². The molecule has 0 saturated carbocycles. The van der Waals surface area contributed by atoms with Crippen molar-refractivity contribution in [1.29, 1.82) is 0 Å². The highest BCUT2D eigenvalue weighted by atomic mass is 79.9. The molecule has 0 spiro atoms. The fourth-order valence-corrected chi connectivity index (χ4v) is 1.95. The van der Waals surface area contributed by atoms with Crippen molar-refractivity contribution >= 4 is 27.6 Å². The van der Waals surface area contributed by atoms with E-state index in [0.29, 0.717) is 0 Å². The topological polar surface area (TPSA) is 53.1 Å². The van der Waals surface area contributed by atoms with Crippen LogP contribution in [0.4, 0.5) is 11.6 Å². The number of nitrogens with zero attached hydrogens (tertiary/aromatic N) is 3. The average Bonchev–Trinajstić information content (AvgIpc) is 2.34. The van der Waals surface area contributed by atoms with Crippen molar-refractivity contribution in [2.45, 2.75) is 19.8 Å². The highest BCUT2D eigenvalue weighted by Crippen LogP contribution is 2.26. The highest BCUT2D eigenvalue weighted by molar-refractivity contribution is 9.10.